The Balaban J connectivity index is 2.41. The molecule has 19 heavy (non-hydrogen) atoms. The van der Waals surface area contributed by atoms with E-state index >= 15 is 0 Å². The Morgan fingerprint density at radius 3 is 2.58 bits per heavy atom. The Bertz CT molecular complexity index is 486. The van der Waals surface area contributed by atoms with Crippen LogP contribution in [0.2, 0.25) is 5.02 Å². The van der Waals surface area contributed by atoms with Crippen molar-refractivity contribution in [3.63, 3.8) is 0 Å². The van der Waals surface area contributed by atoms with E-state index in [2.05, 4.69) is 29.4 Å². The number of anilines is 2. The van der Waals surface area contributed by atoms with E-state index in [1.807, 2.05) is 19.1 Å². The summed E-state index contributed by atoms with van der Waals surface area (Å²) in [7, 11) is 0. The van der Waals surface area contributed by atoms with Crippen LogP contribution in [0.3, 0.4) is 0 Å². The third-order valence-electron chi connectivity index (χ3n) is 3.46. The summed E-state index contributed by atoms with van der Waals surface area (Å²) in [5.74, 6) is -0.00962. The van der Waals surface area contributed by atoms with Crippen molar-refractivity contribution in [3.05, 3.63) is 22.7 Å². The fraction of sp³-hybridized carbons (Fsp3) is 0.500. The van der Waals surface area contributed by atoms with Gasteiger partial charge < -0.3 is 15.5 Å². The molecule has 1 atom stereocenters. The highest BCUT2D eigenvalue weighted by Gasteiger charge is 2.31. The Morgan fingerprint density at radius 2 is 2.00 bits per heavy atom. The second-order valence-electron chi connectivity index (χ2n) is 4.54. The zero-order valence-electron chi connectivity index (χ0n) is 11.6. The molecule has 0 fully saturated rings. The largest absolute Gasteiger partial charge is 0.371 e. The molecule has 1 unspecified atom stereocenters. The lowest BCUT2D eigenvalue weighted by Crippen LogP contribution is -2.27. The average Bonchev–Trinajstić information content (AvgIpc) is 2.68. The summed E-state index contributed by atoms with van der Waals surface area (Å²) in [5, 5.41) is 6.78. The summed E-state index contributed by atoms with van der Waals surface area (Å²) in [6.45, 7) is 8.68. The van der Waals surface area contributed by atoms with Gasteiger partial charge in [0.25, 0.3) is 0 Å². The highest BCUT2D eigenvalue weighted by molar-refractivity contribution is 6.33. The first-order chi connectivity index (χ1) is 9.12. The molecule has 0 aliphatic carbocycles. The van der Waals surface area contributed by atoms with Gasteiger partial charge in [-0.15, -0.1) is 0 Å². The maximum atomic E-state index is 11.9. The van der Waals surface area contributed by atoms with Crippen LogP contribution in [-0.2, 0) is 4.79 Å². The summed E-state index contributed by atoms with van der Waals surface area (Å²) in [6, 6.07) is 3.58. The summed E-state index contributed by atoms with van der Waals surface area (Å²) < 4.78 is 0. The minimum Gasteiger partial charge on any atom is -0.371 e. The van der Waals surface area contributed by atoms with Gasteiger partial charge in [0.15, 0.2) is 0 Å². The lowest BCUT2D eigenvalue weighted by atomic mass is 10.1. The number of hydrogen-bond donors (Lipinski definition) is 2. The number of carbonyl (C=O) groups is 1. The van der Waals surface area contributed by atoms with Crippen molar-refractivity contribution in [3.8, 4) is 0 Å². The van der Waals surface area contributed by atoms with E-state index in [-0.39, 0.29) is 11.9 Å². The van der Waals surface area contributed by atoms with Crippen LogP contribution in [0.5, 0.6) is 0 Å². The fourth-order valence-corrected chi connectivity index (χ4v) is 2.78. The van der Waals surface area contributed by atoms with E-state index in [0.29, 0.717) is 5.02 Å². The quantitative estimate of drug-likeness (QED) is 0.872. The second kappa shape index (κ2) is 5.80. The Labute approximate surface area is 119 Å². The molecule has 2 N–H and O–H groups in total. The maximum Gasteiger partial charge on any atom is 0.246 e. The van der Waals surface area contributed by atoms with Crippen molar-refractivity contribution in [2.45, 2.75) is 26.8 Å². The number of hydrogen-bond acceptors (Lipinski definition) is 3. The van der Waals surface area contributed by atoms with Gasteiger partial charge >= 0.3 is 0 Å². The summed E-state index contributed by atoms with van der Waals surface area (Å²) >= 11 is 6.36. The van der Waals surface area contributed by atoms with Gasteiger partial charge in [-0.1, -0.05) is 18.5 Å². The molecule has 1 heterocycles. The molecular formula is C14H20ClN3O. The first-order valence-corrected chi connectivity index (χ1v) is 7.12. The van der Waals surface area contributed by atoms with Crippen molar-refractivity contribution in [2.75, 3.05) is 29.9 Å². The second-order valence-corrected chi connectivity index (χ2v) is 4.95. The average molecular weight is 282 g/mol. The molecule has 1 aliphatic rings. The van der Waals surface area contributed by atoms with Gasteiger partial charge in [-0.25, -0.2) is 0 Å². The molecule has 1 aliphatic heterocycles. The molecule has 0 saturated heterocycles. The van der Waals surface area contributed by atoms with Crippen LogP contribution in [0.15, 0.2) is 12.1 Å². The minimum absolute atomic E-state index is 0.00962. The molecule has 0 bridgehead atoms. The monoisotopic (exact) mass is 281 g/mol. The molecule has 104 valence electrons. The molecule has 1 aromatic rings. The first-order valence-electron chi connectivity index (χ1n) is 6.74. The number of halogens is 1. The van der Waals surface area contributed by atoms with Crippen molar-refractivity contribution >= 4 is 28.9 Å². The minimum atomic E-state index is -0.289. The number of likely N-dealkylation sites (N-methyl/N-ethyl adjacent to an activating group) is 1. The molecule has 0 radical (unpaired) electrons. The fourth-order valence-electron chi connectivity index (χ4n) is 2.48. The lowest BCUT2D eigenvalue weighted by molar-refractivity contribution is -0.117. The smallest absolute Gasteiger partial charge is 0.246 e. The number of benzene rings is 1. The first kappa shape index (κ1) is 14.2. The number of nitrogens with one attached hydrogen (secondary N) is 2. The van der Waals surface area contributed by atoms with E-state index < -0.39 is 0 Å². The normalized spacial score (nSPS) is 17.3. The van der Waals surface area contributed by atoms with Crippen molar-refractivity contribution < 1.29 is 4.79 Å². The highest BCUT2D eigenvalue weighted by Crippen LogP contribution is 2.38. The third-order valence-corrected chi connectivity index (χ3v) is 3.77. The van der Waals surface area contributed by atoms with Gasteiger partial charge in [0.05, 0.1) is 10.7 Å². The van der Waals surface area contributed by atoms with Gasteiger partial charge in [0.1, 0.15) is 6.04 Å². The van der Waals surface area contributed by atoms with Crippen LogP contribution >= 0.6 is 11.6 Å². The summed E-state index contributed by atoms with van der Waals surface area (Å²) in [4.78, 5) is 14.1. The van der Waals surface area contributed by atoms with Gasteiger partial charge in [-0.05, 0) is 32.5 Å². The Morgan fingerprint density at radius 1 is 1.32 bits per heavy atom. The van der Waals surface area contributed by atoms with Gasteiger partial charge in [-0.3, -0.25) is 4.79 Å². The lowest BCUT2D eigenvalue weighted by Gasteiger charge is -2.23. The summed E-state index contributed by atoms with van der Waals surface area (Å²) in [5.41, 5.74) is 2.78. The zero-order chi connectivity index (χ0) is 14.0. The number of nitrogens with zero attached hydrogens (tertiary/aromatic N) is 1. The molecule has 1 aromatic carbocycles. The SMILES string of the molecule is CCNC1C(=O)Nc2cc(N(CC)CC)c(Cl)cc21. The predicted octanol–water partition coefficient (Wildman–Crippen LogP) is 2.79. The van der Waals surface area contributed by atoms with Crippen molar-refractivity contribution in [1.82, 2.24) is 5.32 Å². The van der Waals surface area contributed by atoms with E-state index in [9.17, 15) is 4.79 Å². The van der Waals surface area contributed by atoms with Crippen LogP contribution in [-0.4, -0.2) is 25.5 Å². The zero-order valence-corrected chi connectivity index (χ0v) is 12.3. The number of carbonyl (C=O) groups excluding carboxylic acids is 1. The van der Waals surface area contributed by atoms with Gasteiger partial charge in [-0.2, -0.15) is 0 Å². The van der Waals surface area contributed by atoms with E-state index in [1.165, 1.54) is 0 Å². The van der Waals surface area contributed by atoms with Crippen LogP contribution < -0.4 is 15.5 Å². The topological polar surface area (TPSA) is 44.4 Å². The van der Waals surface area contributed by atoms with Gasteiger partial charge in [0, 0.05) is 24.3 Å². The Hall–Kier alpha value is -1.26. The van der Waals surface area contributed by atoms with E-state index in [1.54, 1.807) is 0 Å². The molecule has 0 aromatic heterocycles. The molecule has 4 nitrogen and oxygen atoms in total. The molecule has 0 spiro atoms. The van der Waals surface area contributed by atoms with Crippen LogP contribution in [0.1, 0.15) is 32.4 Å². The summed E-state index contributed by atoms with van der Waals surface area (Å²) in [6.07, 6.45) is 0. The predicted molar refractivity (Wildman–Crippen MR) is 80.1 cm³/mol. The molecular weight excluding hydrogens is 262 g/mol. The number of amides is 1. The molecule has 0 saturated carbocycles. The van der Waals surface area contributed by atoms with E-state index in [0.717, 1.165) is 36.6 Å². The molecule has 5 heteroatoms. The van der Waals surface area contributed by atoms with Crippen LogP contribution in [0, 0.1) is 0 Å². The number of fused-ring (bicyclic) bond motifs is 1. The van der Waals surface area contributed by atoms with Crippen LogP contribution in [0.4, 0.5) is 11.4 Å². The number of rotatable bonds is 5. The third kappa shape index (κ3) is 2.55. The van der Waals surface area contributed by atoms with Crippen molar-refractivity contribution in [2.24, 2.45) is 0 Å². The Kier molecular flexibility index (Phi) is 4.32. The maximum absolute atomic E-state index is 11.9. The highest BCUT2D eigenvalue weighted by atomic mass is 35.5. The van der Waals surface area contributed by atoms with E-state index in [4.69, 9.17) is 11.6 Å². The van der Waals surface area contributed by atoms with Crippen LogP contribution in [0.25, 0.3) is 0 Å². The molecule has 2 rings (SSSR count). The molecule has 1 amide bonds. The van der Waals surface area contributed by atoms with Crippen molar-refractivity contribution in [1.29, 1.82) is 0 Å². The van der Waals surface area contributed by atoms with Gasteiger partial charge in [0.2, 0.25) is 5.91 Å². The standard InChI is InChI=1S/C14H20ClN3O/c1-4-16-13-9-7-10(15)12(18(5-2)6-3)8-11(9)17-14(13)19/h7-8,13,16H,4-6H2,1-3H3,(H,17,19).